The van der Waals surface area contributed by atoms with E-state index in [0.717, 1.165) is 5.69 Å². The van der Waals surface area contributed by atoms with Crippen LogP contribution in [0.25, 0.3) is 0 Å². The average Bonchev–Trinajstić information content (AvgIpc) is 2.94. The third-order valence-corrected chi connectivity index (χ3v) is 3.82. The fraction of sp³-hybridized carbons (Fsp3) is 0.250. The number of fused-ring (bicyclic) bond motifs is 1. The highest BCUT2D eigenvalue weighted by molar-refractivity contribution is 6.08. The highest BCUT2D eigenvalue weighted by atomic mass is 19.1. The van der Waals surface area contributed by atoms with Gasteiger partial charge in [0.2, 0.25) is 5.78 Å². The Bertz CT molecular complexity index is 731. The second-order valence-electron chi connectivity index (χ2n) is 5.06. The Hall–Kier alpha value is -2.43. The number of esters is 1. The van der Waals surface area contributed by atoms with Crippen LogP contribution in [-0.4, -0.2) is 16.3 Å². The Balaban J connectivity index is 2.02. The molecule has 1 aliphatic rings. The number of halogens is 1. The molecular weight excluding hydrogens is 273 g/mol. The van der Waals surface area contributed by atoms with Crippen LogP contribution >= 0.6 is 0 Å². The largest absolute Gasteiger partial charge is 0.424 e. The van der Waals surface area contributed by atoms with E-state index in [1.807, 2.05) is 6.92 Å². The van der Waals surface area contributed by atoms with E-state index >= 15 is 0 Å². The maximum atomic E-state index is 12.9. The highest BCUT2D eigenvalue weighted by Gasteiger charge is 2.36. The molecule has 0 saturated carbocycles. The molecule has 4 nitrogen and oxygen atoms in total. The number of rotatable bonds is 3. The zero-order chi connectivity index (χ0) is 15.1. The first-order valence-corrected chi connectivity index (χ1v) is 6.74. The van der Waals surface area contributed by atoms with E-state index in [-0.39, 0.29) is 23.5 Å². The van der Waals surface area contributed by atoms with Gasteiger partial charge in [0, 0.05) is 18.7 Å². The number of aromatic nitrogens is 1. The summed E-state index contributed by atoms with van der Waals surface area (Å²) in [6, 6.07) is 6.96. The monoisotopic (exact) mass is 287 g/mol. The fourth-order valence-corrected chi connectivity index (χ4v) is 2.70. The van der Waals surface area contributed by atoms with Crippen LogP contribution in [0.5, 0.6) is 5.75 Å². The van der Waals surface area contributed by atoms with Gasteiger partial charge in [0.15, 0.2) is 5.75 Å². The van der Waals surface area contributed by atoms with Gasteiger partial charge in [0.05, 0.1) is 11.4 Å². The van der Waals surface area contributed by atoms with Crippen LogP contribution in [0.3, 0.4) is 0 Å². The fourth-order valence-electron chi connectivity index (χ4n) is 2.70. The Morgan fingerprint density at radius 2 is 2.00 bits per heavy atom. The van der Waals surface area contributed by atoms with Crippen molar-refractivity contribution in [3.63, 3.8) is 0 Å². The lowest BCUT2D eigenvalue weighted by Crippen LogP contribution is -2.15. The molecule has 1 aliphatic heterocycles. The maximum Gasteiger partial charge on any atom is 0.320 e. The summed E-state index contributed by atoms with van der Waals surface area (Å²) >= 11 is 0. The third-order valence-electron chi connectivity index (χ3n) is 3.82. The standard InChI is InChI=1S/C16H14FNO3/c1-3-11-14-13(21-16(11)20)8-12(18(14)2)15(19)9-4-6-10(17)7-5-9/h4-8,11H,3H2,1-2H3. The third kappa shape index (κ3) is 2.05. The van der Waals surface area contributed by atoms with Crippen LogP contribution < -0.4 is 4.74 Å². The van der Waals surface area contributed by atoms with E-state index in [9.17, 15) is 14.0 Å². The Morgan fingerprint density at radius 3 is 2.62 bits per heavy atom. The molecule has 1 atom stereocenters. The molecule has 0 aliphatic carbocycles. The Labute approximate surface area is 121 Å². The number of carbonyl (C=O) groups excluding carboxylic acids is 2. The second-order valence-corrected chi connectivity index (χ2v) is 5.06. The van der Waals surface area contributed by atoms with Gasteiger partial charge in [-0.1, -0.05) is 6.92 Å². The van der Waals surface area contributed by atoms with Gasteiger partial charge < -0.3 is 9.30 Å². The average molecular weight is 287 g/mol. The quantitative estimate of drug-likeness (QED) is 0.644. The molecular formula is C16H14FNO3. The molecule has 2 aromatic rings. The summed E-state index contributed by atoms with van der Waals surface area (Å²) < 4.78 is 19.8. The molecule has 1 aromatic carbocycles. The van der Waals surface area contributed by atoms with E-state index in [1.54, 1.807) is 17.7 Å². The molecule has 0 bridgehead atoms. The number of hydrogen-bond donors (Lipinski definition) is 0. The molecule has 1 aromatic heterocycles. The first kappa shape index (κ1) is 13.5. The topological polar surface area (TPSA) is 48.3 Å². The van der Waals surface area contributed by atoms with Crippen molar-refractivity contribution in [2.24, 2.45) is 7.05 Å². The van der Waals surface area contributed by atoms with Crippen molar-refractivity contribution in [2.45, 2.75) is 19.3 Å². The van der Waals surface area contributed by atoms with Gasteiger partial charge in [-0.3, -0.25) is 9.59 Å². The van der Waals surface area contributed by atoms with Crippen LogP contribution in [0, 0.1) is 5.82 Å². The number of hydrogen-bond acceptors (Lipinski definition) is 3. The lowest BCUT2D eigenvalue weighted by molar-refractivity contribution is -0.134. The molecule has 21 heavy (non-hydrogen) atoms. The van der Waals surface area contributed by atoms with Crippen molar-refractivity contribution in [3.05, 3.63) is 53.1 Å². The molecule has 0 fully saturated rings. The summed E-state index contributed by atoms with van der Waals surface area (Å²) in [6.45, 7) is 1.90. The van der Waals surface area contributed by atoms with Crippen molar-refractivity contribution in [2.75, 3.05) is 0 Å². The normalized spacial score (nSPS) is 16.7. The molecule has 3 rings (SSSR count). The second kappa shape index (κ2) is 4.84. The summed E-state index contributed by atoms with van der Waals surface area (Å²) in [6.07, 6.45) is 0.619. The van der Waals surface area contributed by atoms with E-state index < -0.39 is 0 Å². The Morgan fingerprint density at radius 1 is 1.33 bits per heavy atom. The lowest BCUT2D eigenvalue weighted by atomic mass is 10.0. The number of nitrogens with zero attached hydrogens (tertiary/aromatic N) is 1. The van der Waals surface area contributed by atoms with Crippen molar-refractivity contribution in [1.29, 1.82) is 0 Å². The number of ether oxygens (including phenoxy) is 1. The van der Waals surface area contributed by atoms with Gasteiger partial charge in [-0.15, -0.1) is 0 Å². The number of carbonyl (C=O) groups is 2. The van der Waals surface area contributed by atoms with Crippen LogP contribution in [0.15, 0.2) is 30.3 Å². The zero-order valence-electron chi connectivity index (χ0n) is 11.7. The molecule has 108 valence electrons. The Kier molecular flexibility index (Phi) is 3.12. The van der Waals surface area contributed by atoms with Crippen LogP contribution in [0.1, 0.15) is 41.0 Å². The maximum absolute atomic E-state index is 12.9. The molecule has 0 saturated heterocycles. The zero-order valence-corrected chi connectivity index (χ0v) is 11.7. The van der Waals surface area contributed by atoms with E-state index in [4.69, 9.17) is 4.74 Å². The number of benzene rings is 1. The predicted molar refractivity (Wildman–Crippen MR) is 73.9 cm³/mol. The minimum atomic E-state index is -0.388. The summed E-state index contributed by atoms with van der Waals surface area (Å²) in [5.41, 5.74) is 1.56. The molecule has 2 heterocycles. The van der Waals surface area contributed by atoms with Crippen LogP contribution in [-0.2, 0) is 11.8 Å². The van der Waals surface area contributed by atoms with Gasteiger partial charge in [0.1, 0.15) is 11.7 Å². The minimum Gasteiger partial charge on any atom is -0.424 e. The molecule has 1 unspecified atom stereocenters. The number of ketones is 1. The first-order valence-electron chi connectivity index (χ1n) is 6.74. The smallest absolute Gasteiger partial charge is 0.320 e. The predicted octanol–water partition coefficient (Wildman–Crippen LogP) is 2.81. The summed E-state index contributed by atoms with van der Waals surface area (Å²) in [4.78, 5) is 24.2. The van der Waals surface area contributed by atoms with E-state index in [2.05, 4.69) is 0 Å². The highest BCUT2D eigenvalue weighted by Crippen LogP contribution is 2.39. The van der Waals surface area contributed by atoms with Gasteiger partial charge in [-0.05, 0) is 30.7 Å². The first-order chi connectivity index (χ1) is 10.0. The minimum absolute atomic E-state index is 0.224. The van der Waals surface area contributed by atoms with E-state index in [1.165, 1.54) is 24.3 Å². The summed E-state index contributed by atoms with van der Waals surface area (Å²) in [7, 11) is 1.74. The summed E-state index contributed by atoms with van der Waals surface area (Å²) in [5, 5.41) is 0. The van der Waals surface area contributed by atoms with Crippen molar-refractivity contribution >= 4 is 11.8 Å². The van der Waals surface area contributed by atoms with Crippen molar-refractivity contribution in [3.8, 4) is 5.75 Å². The van der Waals surface area contributed by atoms with Crippen molar-refractivity contribution in [1.82, 2.24) is 4.57 Å². The van der Waals surface area contributed by atoms with Crippen LogP contribution in [0.2, 0.25) is 0 Å². The molecule has 0 amide bonds. The van der Waals surface area contributed by atoms with Gasteiger partial charge in [0.25, 0.3) is 0 Å². The molecule has 5 heteroatoms. The summed E-state index contributed by atoms with van der Waals surface area (Å²) in [5.74, 6) is -0.780. The molecule has 0 N–H and O–H groups in total. The van der Waals surface area contributed by atoms with Gasteiger partial charge in [-0.2, -0.15) is 0 Å². The van der Waals surface area contributed by atoms with Crippen molar-refractivity contribution < 1.29 is 18.7 Å². The lowest BCUT2D eigenvalue weighted by Gasteiger charge is -2.09. The van der Waals surface area contributed by atoms with Crippen LogP contribution in [0.4, 0.5) is 4.39 Å². The van der Waals surface area contributed by atoms with Gasteiger partial charge >= 0.3 is 5.97 Å². The SMILES string of the molecule is CCC1C(=O)Oc2cc(C(=O)c3ccc(F)cc3)n(C)c21. The molecule has 0 spiro atoms. The van der Waals surface area contributed by atoms with Gasteiger partial charge in [-0.25, -0.2) is 4.39 Å². The molecule has 0 radical (unpaired) electrons. The van der Waals surface area contributed by atoms with E-state index in [0.29, 0.717) is 23.4 Å².